The van der Waals surface area contributed by atoms with Gasteiger partial charge in [-0.3, -0.25) is 14.2 Å². The molecule has 0 aliphatic rings. The lowest BCUT2D eigenvalue weighted by Gasteiger charge is -2.22. The topological polar surface area (TPSA) is 73.1 Å². The molecule has 3 aromatic rings. The highest BCUT2D eigenvalue weighted by molar-refractivity contribution is 6.30. The summed E-state index contributed by atoms with van der Waals surface area (Å²) in [5.41, 5.74) is -0.753. The molecule has 2 aromatic carbocycles. The van der Waals surface area contributed by atoms with Crippen molar-refractivity contribution in [1.82, 2.24) is 14.5 Å². The summed E-state index contributed by atoms with van der Waals surface area (Å²) in [6, 6.07) is 9.42. The van der Waals surface area contributed by atoms with E-state index in [4.69, 9.17) is 11.6 Å². The largest absolute Gasteiger partial charge is 0.354 e. The van der Waals surface area contributed by atoms with Gasteiger partial charge < -0.3 is 5.32 Å². The van der Waals surface area contributed by atoms with Crippen LogP contribution in [0, 0.1) is 11.7 Å². The standard InChI is InChI=1S/C22H23ClFN3O3/c1-4-18(20(28)25-12-13(2)3)27-19-8-6-5-7-15(19)21(29)26(22(27)30)14-9-10-17(24)16(23)11-14/h5-11,13,18H,4,12H2,1-3H3,(H,25,28). The molecule has 1 heterocycles. The van der Waals surface area contributed by atoms with Crippen LogP contribution in [0.25, 0.3) is 16.6 Å². The summed E-state index contributed by atoms with van der Waals surface area (Å²) in [5.74, 6) is -0.717. The second-order valence-electron chi connectivity index (χ2n) is 7.47. The molecule has 30 heavy (non-hydrogen) atoms. The fraction of sp³-hybridized carbons (Fsp3) is 0.318. The number of nitrogens with one attached hydrogen (secondary N) is 1. The molecule has 0 bridgehead atoms. The van der Waals surface area contributed by atoms with Gasteiger partial charge in [0.25, 0.3) is 5.56 Å². The number of hydrogen-bond acceptors (Lipinski definition) is 3. The maximum absolute atomic E-state index is 13.6. The monoisotopic (exact) mass is 431 g/mol. The molecule has 0 fully saturated rings. The van der Waals surface area contributed by atoms with E-state index in [2.05, 4.69) is 5.32 Å². The average molecular weight is 432 g/mol. The average Bonchev–Trinajstić information content (AvgIpc) is 2.72. The molecule has 6 nitrogen and oxygen atoms in total. The molecule has 0 spiro atoms. The predicted molar refractivity (Wildman–Crippen MR) is 116 cm³/mol. The second-order valence-corrected chi connectivity index (χ2v) is 7.88. The van der Waals surface area contributed by atoms with E-state index in [0.717, 1.165) is 10.6 Å². The third kappa shape index (κ3) is 4.03. The van der Waals surface area contributed by atoms with E-state index in [-0.39, 0.29) is 27.9 Å². The summed E-state index contributed by atoms with van der Waals surface area (Å²) in [5, 5.41) is 2.92. The van der Waals surface area contributed by atoms with Crippen LogP contribution in [0.2, 0.25) is 5.02 Å². The fourth-order valence-electron chi connectivity index (χ4n) is 3.34. The number of nitrogens with zero attached hydrogens (tertiary/aromatic N) is 2. The number of carbonyl (C=O) groups is 1. The quantitative estimate of drug-likeness (QED) is 0.647. The highest BCUT2D eigenvalue weighted by Crippen LogP contribution is 2.20. The molecule has 1 N–H and O–H groups in total. The Bertz CT molecular complexity index is 1220. The third-order valence-corrected chi connectivity index (χ3v) is 5.13. The van der Waals surface area contributed by atoms with E-state index in [1.165, 1.54) is 16.7 Å². The van der Waals surface area contributed by atoms with Crippen LogP contribution < -0.4 is 16.6 Å². The zero-order valence-corrected chi connectivity index (χ0v) is 17.7. The number of para-hydroxylation sites is 1. The molecule has 1 atom stereocenters. The first kappa shape index (κ1) is 21.8. The van der Waals surface area contributed by atoms with E-state index >= 15 is 0 Å². The molecule has 0 radical (unpaired) electrons. The Labute approximate surface area is 177 Å². The molecule has 0 aliphatic heterocycles. The molecule has 1 aromatic heterocycles. The van der Waals surface area contributed by atoms with E-state index in [1.807, 2.05) is 13.8 Å². The first-order valence-corrected chi connectivity index (χ1v) is 10.1. The zero-order valence-electron chi connectivity index (χ0n) is 17.0. The van der Waals surface area contributed by atoms with E-state index in [0.29, 0.717) is 18.5 Å². The third-order valence-electron chi connectivity index (χ3n) is 4.84. The Morgan fingerprint density at radius 2 is 1.87 bits per heavy atom. The maximum atomic E-state index is 13.6. The molecule has 1 amide bonds. The summed E-state index contributed by atoms with van der Waals surface area (Å²) < 4.78 is 15.9. The van der Waals surface area contributed by atoms with E-state index in [1.54, 1.807) is 31.2 Å². The number of benzene rings is 2. The lowest BCUT2D eigenvalue weighted by molar-refractivity contribution is -0.124. The second kappa shape index (κ2) is 8.83. The van der Waals surface area contributed by atoms with Gasteiger partial charge in [-0.2, -0.15) is 0 Å². The van der Waals surface area contributed by atoms with Crippen molar-refractivity contribution in [3.8, 4) is 5.69 Å². The predicted octanol–water partition coefficient (Wildman–Crippen LogP) is 3.67. The minimum absolute atomic E-state index is 0.133. The number of halogens is 2. The van der Waals surface area contributed by atoms with Crippen LogP contribution >= 0.6 is 11.6 Å². The van der Waals surface area contributed by atoms with E-state index < -0.39 is 23.1 Å². The number of hydrogen-bond donors (Lipinski definition) is 1. The van der Waals surface area contributed by atoms with Gasteiger partial charge in [-0.1, -0.05) is 44.5 Å². The van der Waals surface area contributed by atoms with Gasteiger partial charge in [0.15, 0.2) is 0 Å². The number of fused-ring (bicyclic) bond motifs is 1. The van der Waals surface area contributed by atoms with Crippen molar-refractivity contribution in [3.63, 3.8) is 0 Å². The summed E-state index contributed by atoms with van der Waals surface area (Å²) >= 11 is 5.87. The number of carbonyl (C=O) groups excluding carboxylic acids is 1. The molecule has 0 saturated heterocycles. The smallest absolute Gasteiger partial charge is 0.336 e. The van der Waals surface area contributed by atoms with Crippen LogP contribution in [0.1, 0.15) is 33.2 Å². The Morgan fingerprint density at radius 1 is 1.17 bits per heavy atom. The number of rotatable bonds is 6. The zero-order chi connectivity index (χ0) is 22.0. The molecule has 0 saturated carbocycles. The summed E-state index contributed by atoms with van der Waals surface area (Å²) in [6.07, 6.45) is 0.343. The first-order chi connectivity index (χ1) is 14.3. The van der Waals surface area contributed by atoms with Crippen LogP contribution in [-0.2, 0) is 4.79 Å². The van der Waals surface area contributed by atoms with Gasteiger partial charge in [-0.25, -0.2) is 13.8 Å². The van der Waals surface area contributed by atoms with Crippen molar-refractivity contribution >= 4 is 28.4 Å². The van der Waals surface area contributed by atoms with Crippen molar-refractivity contribution < 1.29 is 9.18 Å². The van der Waals surface area contributed by atoms with Gasteiger partial charge in [0.05, 0.1) is 21.6 Å². The van der Waals surface area contributed by atoms with Gasteiger partial charge in [0, 0.05) is 6.54 Å². The maximum Gasteiger partial charge on any atom is 0.336 e. The summed E-state index contributed by atoms with van der Waals surface area (Å²) in [6.45, 7) is 6.21. The van der Waals surface area contributed by atoms with Crippen molar-refractivity contribution in [2.45, 2.75) is 33.2 Å². The van der Waals surface area contributed by atoms with Crippen LogP contribution in [0.4, 0.5) is 4.39 Å². The molecule has 158 valence electrons. The number of amides is 1. The van der Waals surface area contributed by atoms with Gasteiger partial charge in [-0.05, 0) is 42.7 Å². The molecule has 8 heteroatoms. The van der Waals surface area contributed by atoms with Crippen LogP contribution in [0.3, 0.4) is 0 Å². The Hall–Kier alpha value is -2.93. The van der Waals surface area contributed by atoms with Gasteiger partial charge in [0.1, 0.15) is 11.9 Å². The van der Waals surface area contributed by atoms with E-state index in [9.17, 15) is 18.8 Å². The lowest BCUT2D eigenvalue weighted by atomic mass is 10.1. The normalized spacial score (nSPS) is 12.3. The first-order valence-electron chi connectivity index (χ1n) is 9.75. The van der Waals surface area contributed by atoms with Crippen molar-refractivity contribution in [1.29, 1.82) is 0 Å². The van der Waals surface area contributed by atoms with Crippen LogP contribution in [0.15, 0.2) is 52.1 Å². The van der Waals surface area contributed by atoms with Gasteiger partial charge >= 0.3 is 5.69 Å². The molecule has 1 unspecified atom stereocenters. The van der Waals surface area contributed by atoms with Crippen molar-refractivity contribution in [2.75, 3.05) is 6.54 Å². The summed E-state index contributed by atoms with van der Waals surface area (Å²) in [4.78, 5) is 39.4. The number of aromatic nitrogens is 2. The molecule has 0 aliphatic carbocycles. The van der Waals surface area contributed by atoms with Crippen molar-refractivity contribution in [2.24, 2.45) is 5.92 Å². The van der Waals surface area contributed by atoms with Crippen molar-refractivity contribution in [3.05, 3.63) is 74.1 Å². The van der Waals surface area contributed by atoms with Crippen LogP contribution in [0.5, 0.6) is 0 Å². The Kier molecular flexibility index (Phi) is 6.41. The molecular formula is C22H23ClFN3O3. The minimum atomic E-state index is -0.816. The fourth-order valence-corrected chi connectivity index (χ4v) is 3.52. The highest BCUT2D eigenvalue weighted by Gasteiger charge is 2.25. The molecular weight excluding hydrogens is 409 g/mol. The SMILES string of the molecule is CCC(C(=O)NCC(C)C)n1c(=O)n(-c2ccc(F)c(Cl)c2)c(=O)c2ccccc21. The minimum Gasteiger partial charge on any atom is -0.354 e. The van der Waals surface area contributed by atoms with Gasteiger partial charge in [0.2, 0.25) is 5.91 Å². The molecule has 3 rings (SSSR count). The van der Waals surface area contributed by atoms with Crippen LogP contribution in [-0.4, -0.2) is 21.6 Å². The Balaban J connectivity index is 2.31. The summed E-state index contributed by atoms with van der Waals surface area (Å²) in [7, 11) is 0. The van der Waals surface area contributed by atoms with Gasteiger partial charge in [-0.15, -0.1) is 0 Å². The highest BCUT2D eigenvalue weighted by atomic mass is 35.5. The Morgan fingerprint density at radius 3 is 2.50 bits per heavy atom. The lowest BCUT2D eigenvalue weighted by Crippen LogP contribution is -2.44.